The van der Waals surface area contributed by atoms with E-state index in [0.29, 0.717) is 6.04 Å². The number of hydrogen-bond donors (Lipinski definition) is 1. The van der Waals surface area contributed by atoms with Crippen molar-refractivity contribution in [1.29, 1.82) is 0 Å². The zero-order valence-corrected chi connectivity index (χ0v) is 8.12. The predicted molar refractivity (Wildman–Crippen MR) is 50.2 cm³/mol. The molecule has 0 radical (unpaired) electrons. The quantitative estimate of drug-likeness (QED) is 0.676. The molecule has 0 saturated carbocycles. The molecule has 1 aliphatic rings. The smallest absolute Gasteiger partial charge is 0.0607 e. The molecule has 1 fully saturated rings. The molecule has 0 aromatic rings. The van der Waals surface area contributed by atoms with Crippen LogP contribution in [0.1, 0.15) is 13.3 Å². The second-order valence-corrected chi connectivity index (χ2v) is 4.42. The van der Waals surface area contributed by atoms with Crippen LogP contribution in [0.15, 0.2) is 0 Å². The second kappa shape index (κ2) is 5.01. The van der Waals surface area contributed by atoms with Crippen molar-refractivity contribution in [2.45, 2.75) is 24.6 Å². The van der Waals surface area contributed by atoms with Gasteiger partial charge in [0, 0.05) is 6.04 Å². The molecule has 0 spiro atoms. The van der Waals surface area contributed by atoms with Crippen LogP contribution in [0.4, 0.5) is 0 Å². The molecular formula is C8H17NOS. The SMILES string of the molecule is CNC(C)CCSC1COC1. The third kappa shape index (κ3) is 3.45. The zero-order valence-electron chi connectivity index (χ0n) is 7.30. The summed E-state index contributed by atoms with van der Waals surface area (Å²) in [7, 11) is 2.02. The fraction of sp³-hybridized carbons (Fsp3) is 1.00. The molecule has 1 rings (SSSR count). The lowest BCUT2D eigenvalue weighted by Crippen LogP contribution is -2.31. The third-order valence-corrected chi connectivity index (χ3v) is 3.22. The van der Waals surface area contributed by atoms with Crippen molar-refractivity contribution in [1.82, 2.24) is 5.32 Å². The van der Waals surface area contributed by atoms with Gasteiger partial charge in [0.05, 0.1) is 18.5 Å². The zero-order chi connectivity index (χ0) is 8.10. The molecule has 0 amide bonds. The van der Waals surface area contributed by atoms with Gasteiger partial charge < -0.3 is 10.1 Å². The summed E-state index contributed by atoms with van der Waals surface area (Å²) in [4.78, 5) is 0. The summed E-state index contributed by atoms with van der Waals surface area (Å²) in [5.41, 5.74) is 0. The summed E-state index contributed by atoms with van der Waals surface area (Å²) < 4.78 is 5.08. The second-order valence-electron chi connectivity index (χ2n) is 3.01. The maximum Gasteiger partial charge on any atom is 0.0607 e. The molecule has 1 unspecified atom stereocenters. The topological polar surface area (TPSA) is 21.3 Å². The highest BCUT2D eigenvalue weighted by molar-refractivity contribution is 8.00. The van der Waals surface area contributed by atoms with Crippen molar-refractivity contribution in [3.63, 3.8) is 0 Å². The predicted octanol–water partition coefficient (Wildman–Crippen LogP) is 1.12. The van der Waals surface area contributed by atoms with Crippen LogP contribution in [0.2, 0.25) is 0 Å². The van der Waals surface area contributed by atoms with E-state index in [1.165, 1.54) is 12.2 Å². The highest BCUT2D eigenvalue weighted by atomic mass is 32.2. The van der Waals surface area contributed by atoms with Crippen LogP contribution in [0.5, 0.6) is 0 Å². The molecule has 1 aliphatic heterocycles. The standard InChI is InChI=1S/C8H17NOS/c1-7(9-2)3-4-11-8-5-10-6-8/h7-9H,3-6H2,1-2H3. The monoisotopic (exact) mass is 175 g/mol. The number of rotatable bonds is 5. The van der Waals surface area contributed by atoms with E-state index in [1.54, 1.807) is 0 Å². The van der Waals surface area contributed by atoms with Crippen LogP contribution in [0.25, 0.3) is 0 Å². The first-order valence-electron chi connectivity index (χ1n) is 4.19. The Morgan fingerprint density at radius 2 is 2.36 bits per heavy atom. The summed E-state index contributed by atoms with van der Waals surface area (Å²) in [6.07, 6.45) is 1.26. The van der Waals surface area contributed by atoms with Gasteiger partial charge in [0.1, 0.15) is 0 Å². The normalized spacial score (nSPS) is 21.3. The minimum absolute atomic E-state index is 0.656. The number of hydrogen-bond acceptors (Lipinski definition) is 3. The van der Waals surface area contributed by atoms with E-state index in [-0.39, 0.29) is 0 Å². The van der Waals surface area contributed by atoms with Crippen LogP contribution in [-0.4, -0.2) is 37.3 Å². The van der Waals surface area contributed by atoms with Crippen LogP contribution in [-0.2, 0) is 4.74 Å². The molecule has 0 aromatic heterocycles. The molecule has 0 bridgehead atoms. The molecule has 0 aromatic carbocycles. The lowest BCUT2D eigenvalue weighted by molar-refractivity contribution is 0.0455. The van der Waals surface area contributed by atoms with Crippen molar-refractivity contribution >= 4 is 11.8 Å². The van der Waals surface area contributed by atoms with Gasteiger partial charge >= 0.3 is 0 Å². The number of nitrogens with one attached hydrogen (secondary N) is 1. The average molecular weight is 175 g/mol. The molecule has 1 saturated heterocycles. The molecule has 0 aliphatic carbocycles. The van der Waals surface area contributed by atoms with E-state index < -0.39 is 0 Å². The molecule has 1 heterocycles. The maximum atomic E-state index is 5.08. The molecule has 2 nitrogen and oxygen atoms in total. The fourth-order valence-corrected chi connectivity index (χ4v) is 2.07. The van der Waals surface area contributed by atoms with Gasteiger partial charge in [-0.1, -0.05) is 0 Å². The Labute approximate surface area is 73.1 Å². The van der Waals surface area contributed by atoms with E-state index in [1.807, 2.05) is 18.8 Å². The lowest BCUT2D eigenvalue weighted by atomic mass is 10.3. The van der Waals surface area contributed by atoms with Gasteiger partial charge in [-0.05, 0) is 26.1 Å². The highest BCUT2D eigenvalue weighted by Crippen LogP contribution is 2.19. The van der Waals surface area contributed by atoms with Crippen LogP contribution in [0.3, 0.4) is 0 Å². The Bertz CT molecular complexity index is 102. The highest BCUT2D eigenvalue weighted by Gasteiger charge is 2.18. The number of ether oxygens (including phenoxy) is 1. The summed E-state index contributed by atoms with van der Waals surface area (Å²) in [5, 5.41) is 4.02. The maximum absolute atomic E-state index is 5.08. The minimum atomic E-state index is 0.656. The third-order valence-electron chi connectivity index (χ3n) is 2.00. The van der Waals surface area contributed by atoms with Crippen molar-refractivity contribution in [2.75, 3.05) is 26.0 Å². The largest absolute Gasteiger partial charge is 0.379 e. The Kier molecular flexibility index (Phi) is 4.26. The Balaban J connectivity index is 1.86. The van der Waals surface area contributed by atoms with Crippen LogP contribution < -0.4 is 5.32 Å². The summed E-state index contributed by atoms with van der Waals surface area (Å²) in [5.74, 6) is 1.26. The molecule has 1 atom stereocenters. The van der Waals surface area contributed by atoms with Crippen LogP contribution in [0, 0.1) is 0 Å². The van der Waals surface area contributed by atoms with Crippen molar-refractivity contribution in [3.05, 3.63) is 0 Å². The first kappa shape index (κ1) is 9.36. The van der Waals surface area contributed by atoms with Gasteiger partial charge in [0.15, 0.2) is 0 Å². The minimum Gasteiger partial charge on any atom is -0.379 e. The molecule has 11 heavy (non-hydrogen) atoms. The van der Waals surface area contributed by atoms with Gasteiger partial charge in [-0.15, -0.1) is 0 Å². The first-order valence-corrected chi connectivity index (χ1v) is 5.24. The fourth-order valence-electron chi connectivity index (χ4n) is 0.866. The van der Waals surface area contributed by atoms with Crippen molar-refractivity contribution < 1.29 is 4.74 Å². The van der Waals surface area contributed by atoms with Gasteiger partial charge in [-0.2, -0.15) is 11.8 Å². The molecule has 66 valence electrons. The molecule has 3 heteroatoms. The van der Waals surface area contributed by atoms with Gasteiger partial charge in [0.2, 0.25) is 0 Å². The Hall–Kier alpha value is 0.270. The van der Waals surface area contributed by atoms with E-state index >= 15 is 0 Å². The summed E-state index contributed by atoms with van der Waals surface area (Å²) >= 11 is 2.04. The summed E-state index contributed by atoms with van der Waals surface area (Å²) in [6, 6.07) is 0.656. The van der Waals surface area contributed by atoms with Crippen LogP contribution >= 0.6 is 11.8 Å². The van der Waals surface area contributed by atoms with E-state index in [2.05, 4.69) is 12.2 Å². The van der Waals surface area contributed by atoms with E-state index in [9.17, 15) is 0 Å². The van der Waals surface area contributed by atoms with Gasteiger partial charge in [-0.25, -0.2) is 0 Å². The molecular weight excluding hydrogens is 158 g/mol. The van der Waals surface area contributed by atoms with E-state index in [0.717, 1.165) is 18.5 Å². The number of thioether (sulfide) groups is 1. The van der Waals surface area contributed by atoms with Crippen molar-refractivity contribution in [3.8, 4) is 0 Å². The van der Waals surface area contributed by atoms with Gasteiger partial charge in [0.25, 0.3) is 0 Å². The Morgan fingerprint density at radius 1 is 1.64 bits per heavy atom. The van der Waals surface area contributed by atoms with Crippen molar-refractivity contribution in [2.24, 2.45) is 0 Å². The first-order chi connectivity index (χ1) is 5.33. The Morgan fingerprint density at radius 3 is 2.82 bits per heavy atom. The van der Waals surface area contributed by atoms with E-state index in [4.69, 9.17) is 4.74 Å². The lowest BCUT2D eigenvalue weighted by Gasteiger charge is -2.25. The summed E-state index contributed by atoms with van der Waals surface area (Å²) in [6.45, 7) is 4.16. The van der Waals surface area contributed by atoms with Gasteiger partial charge in [-0.3, -0.25) is 0 Å². The average Bonchev–Trinajstić information content (AvgIpc) is 1.94. The molecule has 1 N–H and O–H groups in total.